The Morgan fingerprint density at radius 1 is 1.57 bits per heavy atom. The molecule has 1 aliphatic rings. The summed E-state index contributed by atoms with van der Waals surface area (Å²) in [6.45, 7) is 1.74. The molecule has 0 bridgehead atoms. The first kappa shape index (κ1) is 15.7. The number of likely N-dealkylation sites (tertiary alicyclic amines) is 1. The lowest BCUT2D eigenvalue weighted by Gasteiger charge is -2.33. The van der Waals surface area contributed by atoms with Gasteiger partial charge in [-0.15, -0.1) is 17.8 Å². The molecule has 2 aromatic rings. The van der Waals surface area contributed by atoms with Crippen molar-refractivity contribution in [1.29, 1.82) is 0 Å². The molecule has 3 rings (SSSR count). The fourth-order valence-electron chi connectivity index (χ4n) is 2.77. The van der Waals surface area contributed by atoms with Crippen molar-refractivity contribution < 1.29 is 4.79 Å². The Hall–Kier alpha value is -2.17. The highest BCUT2D eigenvalue weighted by Gasteiger charge is 2.27. The summed E-state index contributed by atoms with van der Waals surface area (Å²) in [6.07, 6.45) is 8.40. The first-order valence-corrected chi connectivity index (χ1v) is 8.56. The number of aromatic nitrogens is 3. The van der Waals surface area contributed by atoms with Gasteiger partial charge in [-0.25, -0.2) is 4.98 Å². The molecule has 23 heavy (non-hydrogen) atoms. The number of H-pyrrole nitrogens is 1. The molecule has 3 heterocycles. The molecule has 1 amide bonds. The monoisotopic (exact) mass is 329 g/mol. The van der Waals surface area contributed by atoms with E-state index in [2.05, 4.69) is 31.3 Å². The van der Waals surface area contributed by atoms with Crippen LogP contribution in [-0.4, -0.2) is 45.1 Å². The van der Waals surface area contributed by atoms with Gasteiger partial charge in [-0.2, -0.15) is 5.10 Å². The SMILES string of the molecule is C#CCN1CCCC[C@@H]1C(=O)NCc1nc(-c2cccs2)n[nH]1. The van der Waals surface area contributed by atoms with Crippen LogP contribution in [0.1, 0.15) is 25.1 Å². The van der Waals surface area contributed by atoms with E-state index in [4.69, 9.17) is 6.42 Å². The number of thiophene rings is 1. The summed E-state index contributed by atoms with van der Waals surface area (Å²) in [5.74, 6) is 3.96. The Morgan fingerprint density at radius 3 is 3.26 bits per heavy atom. The number of nitrogens with zero attached hydrogens (tertiary/aromatic N) is 3. The molecule has 1 aliphatic heterocycles. The number of rotatable bonds is 5. The number of carbonyl (C=O) groups is 1. The van der Waals surface area contributed by atoms with Crippen LogP contribution in [0.15, 0.2) is 17.5 Å². The second-order valence-electron chi connectivity index (χ2n) is 5.49. The number of carbonyl (C=O) groups excluding carboxylic acids is 1. The van der Waals surface area contributed by atoms with E-state index in [9.17, 15) is 4.79 Å². The number of piperidine rings is 1. The molecule has 2 aromatic heterocycles. The summed E-state index contributed by atoms with van der Waals surface area (Å²) >= 11 is 1.58. The van der Waals surface area contributed by atoms with Crippen LogP contribution >= 0.6 is 11.3 Å². The van der Waals surface area contributed by atoms with Gasteiger partial charge in [0.25, 0.3) is 0 Å². The lowest BCUT2D eigenvalue weighted by Crippen LogP contribution is -2.49. The molecule has 7 heteroatoms. The van der Waals surface area contributed by atoms with Crippen LogP contribution in [0.5, 0.6) is 0 Å². The molecular formula is C16H19N5OS. The first-order valence-electron chi connectivity index (χ1n) is 7.68. The highest BCUT2D eigenvalue weighted by molar-refractivity contribution is 7.13. The summed E-state index contributed by atoms with van der Waals surface area (Å²) in [7, 11) is 0. The standard InChI is InChI=1S/C16H19N5OS/c1-2-8-21-9-4-3-6-12(21)16(22)17-11-14-18-15(20-19-14)13-7-5-10-23-13/h1,5,7,10,12H,3-4,6,8-9,11H2,(H,17,22)(H,18,19,20)/t12-/m1/s1. The zero-order valence-electron chi connectivity index (χ0n) is 12.8. The van der Waals surface area contributed by atoms with Crippen molar-refractivity contribution in [3.8, 4) is 23.0 Å². The van der Waals surface area contributed by atoms with Gasteiger partial charge in [0, 0.05) is 0 Å². The van der Waals surface area contributed by atoms with Crippen LogP contribution in [-0.2, 0) is 11.3 Å². The minimum absolute atomic E-state index is 0.00836. The van der Waals surface area contributed by atoms with Gasteiger partial charge >= 0.3 is 0 Å². The summed E-state index contributed by atoms with van der Waals surface area (Å²) in [5.41, 5.74) is 0. The number of nitrogens with one attached hydrogen (secondary N) is 2. The van der Waals surface area contributed by atoms with Gasteiger partial charge in [0.05, 0.1) is 24.0 Å². The third-order valence-corrected chi connectivity index (χ3v) is 4.78. The van der Waals surface area contributed by atoms with Crippen molar-refractivity contribution in [3.05, 3.63) is 23.3 Å². The summed E-state index contributed by atoms with van der Waals surface area (Å²) in [4.78, 5) is 19.9. The average Bonchev–Trinajstić information content (AvgIpc) is 3.24. The average molecular weight is 329 g/mol. The molecule has 120 valence electrons. The predicted molar refractivity (Wildman–Crippen MR) is 89.6 cm³/mol. The zero-order chi connectivity index (χ0) is 16.1. The highest BCUT2D eigenvalue weighted by Crippen LogP contribution is 2.20. The van der Waals surface area contributed by atoms with Crippen LogP contribution < -0.4 is 5.32 Å². The number of hydrogen-bond acceptors (Lipinski definition) is 5. The van der Waals surface area contributed by atoms with Crippen LogP contribution in [0.3, 0.4) is 0 Å². The fraction of sp³-hybridized carbons (Fsp3) is 0.438. The fourth-order valence-corrected chi connectivity index (χ4v) is 3.43. The van der Waals surface area contributed by atoms with E-state index in [0.29, 0.717) is 24.7 Å². The van der Waals surface area contributed by atoms with Crippen molar-refractivity contribution >= 4 is 17.2 Å². The van der Waals surface area contributed by atoms with E-state index in [1.807, 2.05) is 17.5 Å². The van der Waals surface area contributed by atoms with E-state index in [-0.39, 0.29) is 11.9 Å². The van der Waals surface area contributed by atoms with Gasteiger partial charge < -0.3 is 5.32 Å². The largest absolute Gasteiger partial charge is 0.347 e. The van der Waals surface area contributed by atoms with Crippen LogP contribution in [0.2, 0.25) is 0 Å². The summed E-state index contributed by atoms with van der Waals surface area (Å²) < 4.78 is 0. The Labute approximate surface area is 139 Å². The Bertz CT molecular complexity index is 688. The Kier molecular flexibility index (Phi) is 5.05. The highest BCUT2D eigenvalue weighted by atomic mass is 32.1. The molecule has 0 spiro atoms. The second-order valence-corrected chi connectivity index (χ2v) is 6.43. The van der Waals surface area contributed by atoms with Crippen molar-refractivity contribution in [3.63, 3.8) is 0 Å². The zero-order valence-corrected chi connectivity index (χ0v) is 13.6. The van der Waals surface area contributed by atoms with Gasteiger partial charge in [-0.1, -0.05) is 18.4 Å². The molecule has 0 saturated carbocycles. The summed E-state index contributed by atoms with van der Waals surface area (Å²) in [6, 6.07) is 3.79. The third kappa shape index (κ3) is 3.78. The first-order chi connectivity index (χ1) is 11.3. The van der Waals surface area contributed by atoms with E-state index in [1.54, 1.807) is 11.3 Å². The molecule has 1 atom stereocenters. The maximum atomic E-state index is 12.4. The molecule has 0 radical (unpaired) electrons. The van der Waals surface area contributed by atoms with Crippen LogP contribution in [0, 0.1) is 12.3 Å². The van der Waals surface area contributed by atoms with E-state index < -0.39 is 0 Å². The predicted octanol–water partition coefficient (Wildman–Crippen LogP) is 1.64. The quantitative estimate of drug-likeness (QED) is 0.818. The van der Waals surface area contributed by atoms with E-state index in [1.165, 1.54) is 0 Å². The third-order valence-electron chi connectivity index (χ3n) is 3.91. The van der Waals surface area contributed by atoms with Crippen LogP contribution in [0.4, 0.5) is 0 Å². The second kappa shape index (κ2) is 7.40. The molecule has 0 aromatic carbocycles. The maximum Gasteiger partial charge on any atom is 0.237 e. The molecule has 0 unspecified atom stereocenters. The van der Waals surface area contributed by atoms with Crippen molar-refractivity contribution in [2.24, 2.45) is 0 Å². The van der Waals surface area contributed by atoms with E-state index >= 15 is 0 Å². The van der Waals surface area contributed by atoms with Gasteiger partial charge in [-0.05, 0) is 30.8 Å². The Balaban J connectivity index is 1.57. The van der Waals surface area contributed by atoms with Crippen molar-refractivity contribution in [2.75, 3.05) is 13.1 Å². The van der Waals surface area contributed by atoms with Gasteiger partial charge in [-0.3, -0.25) is 14.8 Å². The lowest BCUT2D eigenvalue weighted by atomic mass is 10.0. The lowest BCUT2D eigenvalue weighted by molar-refractivity contribution is -0.127. The number of aromatic amines is 1. The van der Waals surface area contributed by atoms with Crippen LogP contribution in [0.25, 0.3) is 10.7 Å². The number of amides is 1. The van der Waals surface area contributed by atoms with Gasteiger partial charge in [0.15, 0.2) is 5.82 Å². The molecule has 2 N–H and O–H groups in total. The van der Waals surface area contributed by atoms with Crippen molar-refractivity contribution in [1.82, 2.24) is 25.4 Å². The summed E-state index contributed by atoms with van der Waals surface area (Å²) in [5, 5.41) is 12.0. The number of hydrogen-bond donors (Lipinski definition) is 2. The Morgan fingerprint density at radius 2 is 2.48 bits per heavy atom. The topological polar surface area (TPSA) is 73.9 Å². The number of terminal acetylenes is 1. The van der Waals surface area contributed by atoms with Crippen molar-refractivity contribution in [2.45, 2.75) is 31.8 Å². The smallest absolute Gasteiger partial charge is 0.237 e. The van der Waals surface area contributed by atoms with Gasteiger partial charge in [0.2, 0.25) is 5.91 Å². The maximum absolute atomic E-state index is 12.4. The molecule has 1 fully saturated rings. The normalized spacial score (nSPS) is 18.5. The van der Waals surface area contributed by atoms with Gasteiger partial charge in [0.1, 0.15) is 5.82 Å². The minimum atomic E-state index is -0.139. The minimum Gasteiger partial charge on any atom is -0.347 e. The molecule has 1 saturated heterocycles. The molecule has 6 nitrogen and oxygen atoms in total. The van der Waals surface area contributed by atoms with E-state index in [0.717, 1.165) is 30.7 Å². The molecular weight excluding hydrogens is 310 g/mol. The molecule has 0 aliphatic carbocycles.